The van der Waals surface area contributed by atoms with E-state index in [0.717, 1.165) is 49.3 Å². The number of aryl methyl sites for hydroxylation is 1. The van der Waals surface area contributed by atoms with Crippen molar-refractivity contribution in [1.29, 1.82) is 0 Å². The number of nitrogens with one attached hydrogen (secondary N) is 1. The minimum Gasteiger partial charge on any atom is -0.392 e. The van der Waals surface area contributed by atoms with Gasteiger partial charge in [-0.25, -0.2) is 13.2 Å². The lowest BCUT2D eigenvalue weighted by Crippen LogP contribution is -2.47. The molecule has 3 rings (SSSR count). The number of aliphatic hydroxyl groups excluding tert-OH is 1. The Morgan fingerprint density at radius 2 is 1.52 bits per heavy atom. The topological polar surface area (TPSA) is 32.3 Å². The minimum absolute atomic E-state index is 0.160. The third-order valence-electron chi connectivity index (χ3n) is 6.39. The predicted octanol–water partition coefficient (Wildman–Crippen LogP) is 6.14. The maximum absolute atomic E-state index is 14.5. The van der Waals surface area contributed by atoms with Crippen molar-refractivity contribution >= 4 is 0 Å². The molecule has 0 aromatic heterocycles. The van der Waals surface area contributed by atoms with Crippen LogP contribution in [0.3, 0.4) is 0 Å². The zero-order valence-corrected chi connectivity index (χ0v) is 18.8. The van der Waals surface area contributed by atoms with Crippen LogP contribution in [0.15, 0.2) is 36.4 Å². The van der Waals surface area contributed by atoms with Gasteiger partial charge in [-0.1, -0.05) is 46.1 Å². The quantitative estimate of drug-likeness (QED) is 0.549. The highest BCUT2D eigenvalue weighted by Gasteiger charge is 2.35. The van der Waals surface area contributed by atoms with Gasteiger partial charge in [0.2, 0.25) is 0 Å². The second-order valence-corrected chi connectivity index (χ2v) is 9.97. The molecule has 0 saturated heterocycles. The Kier molecular flexibility index (Phi) is 7.48. The van der Waals surface area contributed by atoms with Crippen LogP contribution in [0.25, 0.3) is 0 Å². The first kappa shape index (κ1) is 23.8. The van der Waals surface area contributed by atoms with Crippen LogP contribution < -0.4 is 5.32 Å². The van der Waals surface area contributed by atoms with Crippen LogP contribution in [0.1, 0.15) is 76.0 Å². The number of hydrogen-bond donors (Lipinski definition) is 2. The lowest BCUT2D eigenvalue weighted by atomic mass is 9.74. The number of rotatable bonds is 7. The molecular formula is C26H34F3NO. The number of aliphatic hydroxyl groups is 1. The Labute approximate surface area is 183 Å². The van der Waals surface area contributed by atoms with Crippen LogP contribution in [-0.2, 0) is 17.4 Å². The van der Waals surface area contributed by atoms with E-state index in [9.17, 15) is 18.3 Å². The van der Waals surface area contributed by atoms with Gasteiger partial charge in [-0.15, -0.1) is 0 Å². The molecule has 1 atom stereocenters. The Morgan fingerprint density at radius 1 is 0.903 bits per heavy atom. The van der Waals surface area contributed by atoms with Crippen molar-refractivity contribution in [3.05, 3.63) is 70.5 Å². The molecule has 1 aliphatic carbocycles. The molecule has 0 heterocycles. The molecule has 2 N–H and O–H groups in total. The summed E-state index contributed by atoms with van der Waals surface area (Å²) in [4.78, 5) is 0. The molecule has 0 amide bonds. The Morgan fingerprint density at radius 3 is 2.13 bits per heavy atom. The highest BCUT2D eigenvalue weighted by Crippen LogP contribution is 2.39. The molecule has 1 fully saturated rings. The fourth-order valence-corrected chi connectivity index (χ4v) is 4.53. The van der Waals surface area contributed by atoms with E-state index in [0.29, 0.717) is 24.9 Å². The van der Waals surface area contributed by atoms with E-state index in [1.54, 1.807) is 12.1 Å². The van der Waals surface area contributed by atoms with Crippen LogP contribution in [0.5, 0.6) is 0 Å². The third-order valence-corrected chi connectivity index (χ3v) is 6.39. The summed E-state index contributed by atoms with van der Waals surface area (Å²) < 4.78 is 41.3. The van der Waals surface area contributed by atoms with Gasteiger partial charge in [0.15, 0.2) is 0 Å². The van der Waals surface area contributed by atoms with Crippen LogP contribution in [-0.4, -0.2) is 17.8 Å². The first-order chi connectivity index (χ1) is 14.6. The number of benzene rings is 2. The third kappa shape index (κ3) is 6.33. The van der Waals surface area contributed by atoms with Gasteiger partial charge in [0.05, 0.1) is 6.10 Å². The van der Waals surface area contributed by atoms with E-state index in [4.69, 9.17) is 0 Å². The van der Waals surface area contributed by atoms with E-state index in [1.807, 2.05) is 0 Å². The molecule has 1 saturated carbocycles. The fourth-order valence-electron chi connectivity index (χ4n) is 4.53. The Hall–Kier alpha value is -1.85. The first-order valence-electron chi connectivity index (χ1n) is 11.3. The van der Waals surface area contributed by atoms with Crippen molar-refractivity contribution in [2.75, 3.05) is 6.54 Å². The Bertz CT molecular complexity index is 864. The summed E-state index contributed by atoms with van der Waals surface area (Å²) >= 11 is 0. The normalized spacial score (nSPS) is 17.5. The lowest BCUT2D eigenvalue weighted by Gasteiger charge is -2.40. The smallest absolute Gasteiger partial charge is 0.126 e. The standard InChI is InChI=1S/C26H34F3NO/c1-25(2,3)19-13-20(15-23(29)14-19)26(9-5-4-6-10-26)30-17-24(31)8-7-18-11-21(27)16-22(28)12-18/h11-16,24,30-31H,4-10,17H2,1-3H3. The highest BCUT2D eigenvalue weighted by atomic mass is 19.1. The second-order valence-electron chi connectivity index (χ2n) is 9.97. The molecule has 0 radical (unpaired) electrons. The molecule has 1 aliphatic rings. The summed E-state index contributed by atoms with van der Waals surface area (Å²) in [6.07, 6.45) is 5.14. The van der Waals surface area contributed by atoms with E-state index in [2.05, 4.69) is 32.2 Å². The van der Waals surface area contributed by atoms with E-state index < -0.39 is 17.7 Å². The summed E-state index contributed by atoms with van der Waals surface area (Å²) in [6.45, 7) is 6.57. The van der Waals surface area contributed by atoms with Gasteiger partial charge < -0.3 is 10.4 Å². The van der Waals surface area contributed by atoms with Crippen LogP contribution in [0.4, 0.5) is 13.2 Å². The van der Waals surface area contributed by atoms with E-state index in [-0.39, 0.29) is 16.8 Å². The molecule has 2 aromatic rings. The van der Waals surface area contributed by atoms with Crippen LogP contribution in [0.2, 0.25) is 0 Å². The van der Waals surface area contributed by atoms with Crippen LogP contribution in [0, 0.1) is 17.5 Å². The summed E-state index contributed by atoms with van der Waals surface area (Å²) in [5, 5.41) is 14.1. The summed E-state index contributed by atoms with van der Waals surface area (Å²) in [5.74, 6) is -1.45. The van der Waals surface area contributed by atoms with Crippen LogP contribution >= 0.6 is 0 Å². The number of hydrogen-bond acceptors (Lipinski definition) is 2. The average molecular weight is 434 g/mol. The largest absolute Gasteiger partial charge is 0.392 e. The van der Waals surface area contributed by atoms with Gasteiger partial charge in [0, 0.05) is 18.2 Å². The average Bonchev–Trinajstić information content (AvgIpc) is 2.69. The molecule has 2 nitrogen and oxygen atoms in total. The number of halogens is 3. The summed E-state index contributed by atoms with van der Waals surface area (Å²) in [5.41, 5.74) is 1.90. The van der Waals surface area contributed by atoms with Crippen molar-refractivity contribution in [3.63, 3.8) is 0 Å². The lowest BCUT2D eigenvalue weighted by molar-refractivity contribution is 0.131. The van der Waals surface area contributed by atoms with Gasteiger partial charge in [0.1, 0.15) is 17.5 Å². The fraction of sp³-hybridized carbons (Fsp3) is 0.538. The van der Waals surface area contributed by atoms with Crippen molar-refractivity contribution < 1.29 is 18.3 Å². The van der Waals surface area contributed by atoms with Crippen molar-refractivity contribution in [3.8, 4) is 0 Å². The van der Waals surface area contributed by atoms with E-state index >= 15 is 0 Å². The minimum atomic E-state index is -0.666. The molecule has 170 valence electrons. The van der Waals surface area contributed by atoms with Gasteiger partial charge in [-0.05, 0) is 72.1 Å². The summed E-state index contributed by atoms with van der Waals surface area (Å²) in [7, 11) is 0. The molecule has 0 spiro atoms. The zero-order valence-electron chi connectivity index (χ0n) is 18.8. The Balaban J connectivity index is 1.72. The van der Waals surface area contributed by atoms with Crippen molar-refractivity contribution in [2.24, 2.45) is 0 Å². The SMILES string of the molecule is CC(C)(C)c1cc(F)cc(C2(NCC(O)CCc3cc(F)cc(F)c3)CCCCC2)c1. The zero-order chi connectivity index (χ0) is 22.6. The predicted molar refractivity (Wildman–Crippen MR) is 119 cm³/mol. The monoisotopic (exact) mass is 433 g/mol. The van der Waals surface area contributed by atoms with Crippen molar-refractivity contribution in [2.45, 2.75) is 82.8 Å². The first-order valence-corrected chi connectivity index (χ1v) is 11.3. The van der Waals surface area contributed by atoms with Gasteiger partial charge in [-0.3, -0.25) is 0 Å². The summed E-state index contributed by atoms with van der Waals surface area (Å²) in [6, 6.07) is 8.77. The molecule has 0 bridgehead atoms. The highest BCUT2D eigenvalue weighted by molar-refractivity contribution is 5.34. The molecule has 2 aromatic carbocycles. The van der Waals surface area contributed by atoms with E-state index in [1.165, 1.54) is 12.1 Å². The maximum Gasteiger partial charge on any atom is 0.126 e. The second kappa shape index (κ2) is 9.74. The van der Waals surface area contributed by atoms with Gasteiger partial charge in [-0.2, -0.15) is 0 Å². The molecule has 31 heavy (non-hydrogen) atoms. The maximum atomic E-state index is 14.5. The molecule has 1 unspecified atom stereocenters. The van der Waals surface area contributed by atoms with Gasteiger partial charge >= 0.3 is 0 Å². The molecular weight excluding hydrogens is 399 g/mol. The molecule has 0 aliphatic heterocycles. The van der Waals surface area contributed by atoms with Gasteiger partial charge in [0.25, 0.3) is 0 Å². The van der Waals surface area contributed by atoms with Crippen molar-refractivity contribution in [1.82, 2.24) is 5.32 Å². The molecule has 5 heteroatoms.